The van der Waals surface area contributed by atoms with Gasteiger partial charge in [-0.15, -0.1) is 0 Å². The van der Waals surface area contributed by atoms with E-state index in [-0.39, 0.29) is 0 Å². The van der Waals surface area contributed by atoms with Crippen LogP contribution in [0.2, 0.25) is 0 Å². The van der Waals surface area contributed by atoms with E-state index in [0.717, 1.165) is 5.92 Å². The van der Waals surface area contributed by atoms with E-state index in [1.165, 1.54) is 64.2 Å². The van der Waals surface area contributed by atoms with Gasteiger partial charge in [0.15, 0.2) is 0 Å². The first-order valence-corrected chi connectivity index (χ1v) is 8.39. The largest absolute Gasteiger partial charge is 0.327 e. The van der Waals surface area contributed by atoms with E-state index in [9.17, 15) is 0 Å². The summed E-state index contributed by atoms with van der Waals surface area (Å²) in [5.74, 6) is 1.39. The molecule has 0 fully saturated rings. The fraction of sp³-hybridized carbons (Fsp3) is 1.00. The molecular formula is C17H37N. The molecule has 0 bridgehead atoms. The average Bonchev–Trinajstić information content (AvgIpc) is 2.36. The van der Waals surface area contributed by atoms with Gasteiger partial charge < -0.3 is 5.73 Å². The lowest BCUT2D eigenvalue weighted by molar-refractivity contribution is 0.289. The van der Waals surface area contributed by atoms with Crippen molar-refractivity contribution >= 4 is 0 Å². The topological polar surface area (TPSA) is 26.0 Å². The zero-order chi connectivity index (χ0) is 13.8. The minimum atomic E-state index is 0.410. The van der Waals surface area contributed by atoms with Gasteiger partial charge in [0, 0.05) is 6.04 Å². The summed E-state index contributed by atoms with van der Waals surface area (Å²) in [6, 6.07) is 0.410. The molecule has 0 aliphatic carbocycles. The Morgan fingerprint density at radius 2 is 1.17 bits per heavy atom. The van der Waals surface area contributed by atoms with Gasteiger partial charge in [-0.1, -0.05) is 79.1 Å². The van der Waals surface area contributed by atoms with Crippen molar-refractivity contribution in [3.8, 4) is 0 Å². The molecule has 0 spiro atoms. The summed E-state index contributed by atoms with van der Waals surface area (Å²) in [7, 11) is 0. The molecule has 0 saturated carbocycles. The molecule has 0 amide bonds. The number of hydrogen-bond donors (Lipinski definition) is 1. The van der Waals surface area contributed by atoms with Gasteiger partial charge in [0.1, 0.15) is 0 Å². The molecule has 0 aliphatic heterocycles. The maximum Gasteiger partial charge on any atom is 0.00903 e. The van der Waals surface area contributed by atoms with Crippen LogP contribution in [0.1, 0.15) is 91.9 Å². The van der Waals surface area contributed by atoms with Gasteiger partial charge in [0.2, 0.25) is 0 Å². The molecule has 0 radical (unpaired) electrons. The number of rotatable bonds is 12. The highest BCUT2D eigenvalue weighted by Crippen LogP contribution is 2.24. The Hall–Kier alpha value is -0.0400. The summed E-state index contributed by atoms with van der Waals surface area (Å²) < 4.78 is 0. The van der Waals surface area contributed by atoms with Gasteiger partial charge in [0.05, 0.1) is 0 Å². The third kappa shape index (κ3) is 8.97. The Bertz CT molecular complexity index is 153. The quantitative estimate of drug-likeness (QED) is 0.456. The summed E-state index contributed by atoms with van der Waals surface area (Å²) >= 11 is 0. The number of nitrogens with two attached hydrogens (primary N) is 1. The minimum Gasteiger partial charge on any atom is -0.327 e. The molecule has 1 heteroatoms. The summed E-state index contributed by atoms with van der Waals surface area (Å²) in [5, 5.41) is 0. The zero-order valence-electron chi connectivity index (χ0n) is 13.4. The van der Waals surface area contributed by atoms with Crippen molar-refractivity contribution in [1.29, 1.82) is 0 Å². The Kier molecular flexibility index (Phi) is 12.0. The predicted octanol–water partition coefficient (Wildman–Crippen LogP) is 5.53. The van der Waals surface area contributed by atoms with Crippen molar-refractivity contribution in [1.82, 2.24) is 0 Å². The van der Waals surface area contributed by atoms with Crippen LogP contribution in [-0.2, 0) is 0 Å². The van der Waals surface area contributed by atoms with Crippen LogP contribution in [0.15, 0.2) is 0 Å². The lowest BCUT2D eigenvalue weighted by Gasteiger charge is -2.27. The molecule has 0 heterocycles. The molecule has 0 aliphatic rings. The van der Waals surface area contributed by atoms with Gasteiger partial charge in [-0.05, 0) is 24.7 Å². The molecule has 2 N–H and O–H groups in total. The molecule has 0 aromatic heterocycles. The summed E-state index contributed by atoms with van der Waals surface area (Å²) in [6.07, 6.45) is 13.7. The van der Waals surface area contributed by atoms with Crippen LogP contribution in [-0.4, -0.2) is 6.04 Å². The van der Waals surface area contributed by atoms with E-state index in [1.807, 2.05) is 0 Å². The van der Waals surface area contributed by atoms with Crippen LogP contribution in [0.3, 0.4) is 0 Å². The third-order valence-corrected chi connectivity index (χ3v) is 4.17. The Labute approximate surface area is 116 Å². The number of hydrogen-bond acceptors (Lipinski definition) is 1. The Balaban J connectivity index is 3.92. The second kappa shape index (κ2) is 12.0. The van der Waals surface area contributed by atoms with Crippen molar-refractivity contribution in [2.45, 2.75) is 97.9 Å². The Morgan fingerprint density at radius 3 is 1.50 bits per heavy atom. The van der Waals surface area contributed by atoms with Crippen molar-refractivity contribution in [2.75, 3.05) is 0 Å². The van der Waals surface area contributed by atoms with Crippen molar-refractivity contribution in [2.24, 2.45) is 17.6 Å². The second-order valence-electron chi connectivity index (χ2n) is 6.28. The highest BCUT2D eigenvalue weighted by Gasteiger charge is 2.19. The molecule has 0 aromatic rings. The van der Waals surface area contributed by atoms with Gasteiger partial charge in [-0.2, -0.15) is 0 Å². The molecular weight excluding hydrogens is 218 g/mol. The van der Waals surface area contributed by atoms with E-state index in [2.05, 4.69) is 27.7 Å². The molecule has 0 saturated heterocycles. The van der Waals surface area contributed by atoms with Crippen LogP contribution in [0.4, 0.5) is 0 Å². The third-order valence-electron chi connectivity index (χ3n) is 4.17. The summed E-state index contributed by atoms with van der Waals surface area (Å²) in [5.41, 5.74) is 6.39. The predicted molar refractivity (Wildman–Crippen MR) is 83.8 cm³/mol. The van der Waals surface area contributed by atoms with Crippen molar-refractivity contribution < 1.29 is 0 Å². The normalized spacial score (nSPS) is 13.5. The molecule has 0 aromatic carbocycles. The van der Waals surface area contributed by atoms with Gasteiger partial charge in [-0.25, -0.2) is 0 Å². The molecule has 1 unspecified atom stereocenters. The van der Waals surface area contributed by atoms with E-state index < -0.39 is 0 Å². The van der Waals surface area contributed by atoms with Gasteiger partial charge in [-0.3, -0.25) is 0 Å². The summed E-state index contributed by atoms with van der Waals surface area (Å²) in [4.78, 5) is 0. The van der Waals surface area contributed by atoms with Crippen LogP contribution < -0.4 is 5.73 Å². The molecule has 0 rings (SSSR count). The van der Waals surface area contributed by atoms with Gasteiger partial charge in [0.25, 0.3) is 0 Å². The van der Waals surface area contributed by atoms with Crippen LogP contribution in [0, 0.1) is 11.8 Å². The highest BCUT2D eigenvalue weighted by molar-refractivity contribution is 4.76. The number of unbranched alkanes of at least 4 members (excludes halogenated alkanes) is 6. The Morgan fingerprint density at radius 1 is 0.722 bits per heavy atom. The monoisotopic (exact) mass is 255 g/mol. The maximum absolute atomic E-state index is 6.39. The first-order valence-electron chi connectivity index (χ1n) is 8.39. The van der Waals surface area contributed by atoms with Crippen LogP contribution in [0.5, 0.6) is 0 Å². The molecule has 1 atom stereocenters. The van der Waals surface area contributed by atoms with Crippen molar-refractivity contribution in [3.05, 3.63) is 0 Å². The lowest BCUT2D eigenvalue weighted by Crippen LogP contribution is -2.35. The first kappa shape index (κ1) is 18.0. The molecule has 18 heavy (non-hydrogen) atoms. The SMILES string of the molecule is CCCCCCC(CCCCCC)C(N)C(C)C. The highest BCUT2D eigenvalue weighted by atomic mass is 14.7. The standard InChI is InChI=1S/C17H37N/c1-5-7-9-11-13-16(17(18)15(3)4)14-12-10-8-6-2/h15-17H,5-14,18H2,1-4H3. The summed E-state index contributed by atoms with van der Waals surface area (Å²) in [6.45, 7) is 9.11. The van der Waals surface area contributed by atoms with E-state index >= 15 is 0 Å². The fourth-order valence-corrected chi connectivity index (χ4v) is 2.74. The molecule has 110 valence electrons. The zero-order valence-corrected chi connectivity index (χ0v) is 13.4. The fourth-order valence-electron chi connectivity index (χ4n) is 2.74. The smallest absolute Gasteiger partial charge is 0.00903 e. The second-order valence-corrected chi connectivity index (χ2v) is 6.28. The minimum absolute atomic E-state index is 0.410. The van der Waals surface area contributed by atoms with Crippen LogP contribution in [0.25, 0.3) is 0 Å². The van der Waals surface area contributed by atoms with Gasteiger partial charge >= 0.3 is 0 Å². The average molecular weight is 255 g/mol. The van der Waals surface area contributed by atoms with Crippen molar-refractivity contribution in [3.63, 3.8) is 0 Å². The van der Waals surface area contributed by atoms with E-state index in [0.29, 0.717) is 12.0 Å². The first-order chi connectivity index (χ1) is 8.63. The van der Waals surface area contributed by atoms with E-state index in [4.69, 9.17) is 5.73 Å². The molecule has 1 nitrogen and oxygen atoms in total. The lowest BCUT2D eigenvalue weighted by atomic mass is 9.83. The maximum atomic E-state index is 6.39. The van der Waals surface area contributed by atoms with Crippen LogP contribution >= 0.6 is 0 Å². The van der Waals surface area contributed by atoms with E-state index in [1.54, 1.807) is 0 Å².